The number of rotatable bonds is 11. The summed E-state index contributed by atoms with van der Waals surface area (Å²) in [4.78, 5) is 38.4. The SMILES string of the molecule is CC(C)(C)OC(=O)CCCn1c(-c2ccc(Cl)cc2)nn(CC(=O)CCC(C)(C)c2ccccc2C(F)(F)F)c1=O. The number of nitrogens with zero attached hydrogens (tertiary/aromatic N) is 3. The van der Waals surface area contributed by atoms with E-state index in [1.165, 1.54) is 16.7 Å². The van der Waals surface area contributed by atoms with E-state index in [2.05, 4.69) is 5.10 Å². The fourth-order valence-electron chi connectivity index (χ4n) is 4.49. The minimum atomic E-state index is -4.51. The standard InChI is InChI=1S/C30H35ClF3N3O4/c1-28(2,3)41-25(39)11-8-18-36-26(20-12-14-21(31)15-13-20)35-37(27(36)40)19-22(38)16-17-29(4,5)23-9-6-7-10-24(23)30(32,33)34/h6-7,9-10,12-15H,8,11,16-19H2,1-5H3. The average Bonchev–Trinajstić information content (AvgIpc) is 3.16. The average molecular weight is 594 g/mol. The molecular weight excluding hydrogens is 559 g/mol. The Morgan fingerprint density at radius 2 is 1.54 bits per heavy atom. The molecule has 0 spiro atoms. The summed E-state index contributed by atoms with van der Waals surface area (Å²) in [7, 11) is 0. The van der Waals surface area contributed by atoms with Crippen molar-refractivity contribution in [2.24, 2.45) is 0 Å². The third-order valence-corrected chi connectivity index (χ3v) is 6.78. The van der Waals surface area contributed by atoms with Crippen molar-refractivity contribution in [1.29, 1.82) is 0 Å². The molecule has 0 saturated carbocycles. The molecule has 0 aliphatic carbocycles. The molecule has 1 aromatic heterocycles. The molecule has 0 unspecified atom stereocenters. The number of benzene rings is 2. The number of esters is 1. The van der Waals surface area contributed by atoms with Crippen LogP contribution in [-0.2, 0) is 39.0 Å². The molecule has 11 heteroatoms. The summed E-state index contributed by atoms with van der Waals surface area (Å²) in [6.07, 6.45) is -4.02. The number of hydrogen-bond donors (Lipinski definition) is 0. The van der Waals surface area contributed by atoms with Crippen LogP contribution in [0.1, 0.15) is 71.4 Å². The summed E-state index contributed by atoms with van der Waals surface area (Å²) >= 11 is 6.01. The summed E-state index contributed by atoms with van der Waals surface area (Å²) in [5, 5.41) is 4.89. The van der Waals surface area contributed by atoms with E-state index in [4.69, 9.17) is 16.3 Å². The molecule has 222 valence electrons. The van der Waals surface area contributed by atoms with Crippen LogP contribution in [0.5, 0.6) is 0 Å². The van der Waals surface area contributed by atoms with Crippen molar-refractivity contribution in [2.45, 2.75) is 90.6 Å². The highest BCUT2D eigenvalue weighted by Gasteiger charge is 2.37. The first-order valence-corrected chi connectivity index (χ1v) is 13.7. The maximum absolute atomic E-state index is 13.6. The highest BCUT2D eigenvalue weighted by molar-refractivity contribution is 6.30. The maximum Gasteiger partial charge on any atom is 0.416 e. The van der Waals surface area contributed by atoms with Crippen molar-refractivity contribution < 1.29 is 27.5 Å². The fourth-order valence-corrected chi connectivity index (χ4v) is 4.61. The number of carbonyl (C=O) groups is 2. The zero-order valence-electron chi connectivity index (χ0n) is 23.8. The molecule has 2 aromatic carbocycles. The third-order valence-electron chi connectivity index (χ3n) is 6.52. The van der Waals surface area contributed by atoms with Gasteiger partial charge in [-0.15, -0.1) is 5.10 Å². The molecule has 0 saturated heterocycles. The Hall–Kier alpha value is -3.40. The van der Waals surface area contributed by atoms with E-state index in [0.29, 0.717) is 22.8 Å². The van der Waals surface area contributed by atoms with Crippen LogP contribution >= 0.6 is 11.6 Å². The van der Waals surface area contributed by atoms with Crippen LogP contribution in [0, 0.1) is 0 Å². The molecule has 0 N–H and O–H groups in total. The number of hydrogen-bond acceptors (Lipinski definition) is 5. The van der Waals surface area contributed by atoms with E-state index in [-0.39, 0.29) is 43.7 Å². The Morgan fingerprint density at radius 1 is 0.927 bits per heavy atom. The molecule has 0 aliphatic rings. The number of aromatic nitrogens is 3. The minimum Gasteiger partial charge on any atom is -0.460 e. The first kappa shape index (κ1) is 32.1. The van der Waals surface area contributed by atoms with Crippen LogP contribution in [0.3, 0.4) is 0 Å². The van der Waals surface area contributed by atoms with E-state index in [0.717, 1.165) is 10.7 Å². The van der Waals surface area contributed by atoms with Gasteiger partial charge in [-0.3, -0.25) is 14.2 Å². The molecule has 1 heterocycles. The summed E-state index contributed by atoms with van der Waals surface area (Å²) in [5.41, 5.74) is -2.13. The number of carbonyl (C=O) groups excluding carboxylic acids is 2. The Morgan fingerprint density at radius 3 is 2.12 bits per heavy atom. The predicted molar refractivity (Wildman–Crippen MR) is 151 cm³/mol. The number of alkyl halides is 3. The highest BCUT2D eigenvalue weighted by atomic mass is 35.5. The Balaban J connectivity index is 1.78. The van der Waals surface area contributed by atoms with E-state index in [1.807, 2.05) is 0 Å². The van der Waals surface area contributed by atoms with Gasteiger partial charge in [0.15, 0.2) is 11.6 Å². The van der Waals surface area contributed by atoms with Gasteiger partial charge in [0, 0.05) is 30.0 Å². The summed E-state index contributed by atoms with van der Waals surface area (Å²) in [6, 6.07) is 12.0. The van der Waals surface area contributed by atoms with Gasteiger partial charge in [0.1, 0.15) is 12.1 Å². The fraction of sp³-hybridized carbons (Fsp3) is 0.467. The molecule has 0 fully saturated rings. The van der Waals surface area contributed by atoms with Crippen molar-refractivity contribution in [3.63, 3.8) is 0 Å². The van der Waals surface area contributed by atoms with Gasteiger partial charge in [-0.05, 0) is 74.9 Å². The zero-order chi connectivity index (χ0) is 30.6. The van der Waals surface area contributed by atoms with E-state index in [9.17, 15) is 27.6 Å². The van der Waals surface area contributed by atoms with Gasteiger partial charge in [-0.25, -0.2) is 9.48 Å². The van der Waals surface area contributed by atoms with Crippen molar-refractivity contribution >= 4 is 23.4 Å². The van der Waals surface area contributed by atoms with Crippen molar-refractivity contribution in [3.05, 3.63) is 75.2 Å². The second kappa shape index (κ2) is 12.6. The normalized spacial score (nSPS) is 12.4. The highest BCUT2D eigenvalue weighted by Crippen LogP contribution is 2.39. The van der Waals surface area contributed by atoms with E-state index in [1.54, 1.807) is 65.0 Å². The Labute approximate surface area is 242 Å². The zero-order valence-corrected chi connectivity index (χ0v) is 24.6. The van der Waals surface area contributed by atoms with Crippen LogP contribution < -0.4 is 5.69 Å². The largest absolute Gasteiger partial charge is 0.460 e. The molecule has 0 aliphatic heterocycles. The molecule has 0 radical (unpaired) electrons. The lowest BCUT2D eigenvalue weighted by Crippen LogP contribution is -2.29. The minimum absolute atomic E-state index is 0.0482. The van der Waals surface area contributed by atoms with Gasteiger partial charge >= 0.3 is 17.8 Å². The Kier molecular flexibility index (Phi) is 9.89. The van der Waals surface area contributed by atoms with Crippen molar-refractivity contribution in [2.75, 3.05) is 0 Å². The molecule has 41 heavy (non-hydrogen) atoms. The third kappa shape index (κ3) is 8.79. The molecule has 3 rings (SSSR count). The maximum atomic E-state index is 13.6. The van der Waals surface area contributed by atoms with Gasteiger partial charge in [0.2, 0.25) is 0 Å². The van der Waals surface area contributed by atoms with Crippen LogP contribution in [0.4, 0.5) is 13.2 Å². The van der Waals surface area contributed by atoms with Gasteiger partial charge in [0.25, 0.3) is 0 Å². The quantitative estimate of drug-likeness (QED) is 0.228. The lowest BCUT2D eigenvalue weighted by molar-refractivity contribution is -0.155. The first-order valence-electron chi connectivity index (χ1n) is 13.3. The summed E-state index contributed by atoms with van der Waals surface area (Å²) in [5.74, 6) is -0.426. The number of ketones is 1. The summed E-state index contributed by atoms with van der Waals surface area (Å²) in [6.45, 7) is 8.45. The molecule has 0 atom stereocenters. The van der Waals surface area contributed by atoms with Crippen LogP contribution in [0.2, 0.25) is 5.02 Å². The molecule has 0 bridgehead atoms. The van der Waals surface area contributed by atoms with Crippen LogP contribution in [0.25, 0.3) is 11.4 Å². The number of halogens is 4. The van der Waals surface area contributed by atoms with Gasteiger partial charge in [0.05, 0.1) is 5.56 Å². The molecule has 3 aromatic rings. The Bertz CT molecular complexity index is 1430. The lowest BCUT2D eigenvalue weighted by atomic mass is 9.77. The first-order chi connectivity index (χ1) is 19.0. The van der Waals surface area contributed by atoms with Crippen molar-refractivity contribution in [1.82, 2.24) is 14.3 Å². The van der Waals surface area contributed by atoms with Gasteiger partial charge < -0.3 is 4.74 Å². The smallest absolute Gasteiger partial charge is 0.416 e. The van der Waals surface area contributed by atoms with Gasteiger partial charge in [-0.2, -0.15) is 13.2 Å². The second-order valence-corrected chi connectivity index (χ2v) is 12.0. The number of Topliss-reactive ketones (excluding diaryl/α,β-unsaturated/α-hetero) is 1. The van der Waals surface area contributed by atoms with Crippen LogP contribution in [0.15, 0.2) is 53.3 Å². The molecule has 7 nitrogen and oxygen atoms in total. The van der Waals surface area contributed by atoms with Crippen LogP contribution in [-0.4, -0.2) is 31.7 Å². The molecule has 0 amide bonds. The summed E-state index contributed by atoms with van der Waals surface area (Å²) < 4.78 is 48.5. The number of ether oxygens (including phenoxy) is 1. The lowest BCUT2D eigenvalue weighted by Gasteiger charge is -2.28. The van der Waals surface area contributed by atoms with E-state index >= 15 is 0 Å². The van der Waals surface area contributed by atoms with Crippen molar-refractivity contribution in [3.8, 4) is 11.4 Å². The second-order valence-electron chi connectivity index (χ2n) is 11.6. The van der Waals surface area contributed by atoms with E-state index < -0.39 is 34.4 Å². The molecular formula is C30H35ClF3N3O4. The monoisotopic (exact) mass is 593 g/mol. The topological polar surface area (TPSA) is 83.2 Å². The predicted octanol–water partition coefficient (Wildman–Crippen LogP) is 6.83. The van der Waals surface area contributed by atoms with Gasteiger partial charge in [-0.1, -0.05) is 43.6 Å².